The molecular formula is C11H7BrN2O. The summed E-state index contributed by atoms with van der Waals surface area (Å²) in [6.45, 7) is 0. The Hall–Kier alpha value is -1.55. The number of carbonyl (C=O) groups excluding carboxylic acids is 1. The fourth-order valence-electron chi connectivity index (χ4n) is 1.18. The van der Waals surface area contributed by atoms with E-state index in [0.29, 0.717) is 11.4 Å². The van der Waals surface area contributed by atoms with Crippen LogP contribution >= 0.6 is 15.9 Å². The third-order valence-electron chi connectivity index (χ3n) is 1.92. The van der Waals surface area contributed by atoms with Crippen LogP contribution in [-0.2, 0) is 0 Å². The van der Waals surface area contributed by atoms with E-state index >= 15 is 0 Å². The standard InChI is InChI=1S/C11H7BrN2O/c12-10-4-2-1-3-9(10)11-13-5-8(7-15)6-14-11/h1-7H. The van der Waals surface area contributed by atoms with Gasteiger partial charge < -0.3 is 0 Å². The van der Waals surface area contributed by atoms with Gasteiger partial charge in [-0.3, -0.25) is 4.79 Å². The molecule has 0 aliphatic rings. The second kappa shape index (κ2) is 4.31. The van der Waals surface area contributed by atoms with E-state index in [1.54, 1.807) is 0 Å². The zero-order valence-corrected chi connectivity index (χ0v) is 9.31. The second-order valence-corrected chi connectivity index (χ2v) is 3.79. The van der Waals surface area contributed by atoms with Gasteiger partial charge in [0, 0.05) is 22.4 Å². The Morgan fingerprint density at radius 1 is 1.13 bits per heavy atom. The summed E-state index contributed by atoms with van der Waals surface area (Å²) >= 11 is 3.42. The molecule has 0 unspecified atom stereocenters. The number of nitrogens with zero attached hydrogens (tertiary/aromatic N) is 2. The van der Waals surface area contributed by atoms with Crippen molar-refractivity contribution in [3.05, 3.63) is 46.7 Å². The molecule has 15 heavy (non-hydrogen) atoms. The Balaban J connectivity index is 2.46. The molecule has 0 saturated carbocycles. The van der Waals surface area contributed by atoms with Crippen LogP contribution in [0.4, 0.5) is 0 Å². The molecule has 0 radical (unpaired) electrons. The summed E-state index contributed by atoms with van der Waals surface area (Å²) in [5.41, 5.74) is 1.39. The van der Waals surface area contributed by atoms with Crippen molar-refractivity contribution in [1.29, 1.82) is 0 Å². The number of carbonyl (C=O) groups is 1. The highest BCUT2D eigenvalue weighted by Gasteiger charge is 2.04. The molecule has 74 valence electrons. The van der Waals surface area contributed by atoms with Crippen molar-refractivity contribution in [2.75, 3.05) is 0 Å². The number of aromatic nitrogens is 2. The fraction of sp³-hybridized carbons (Fsp3) is 0. The van der Waals surface area contributed by atoms with Crippen LogP contribution in [0, 0.1) is 0 Å². The van der Waals surface area contributed by atoms with Gasteiger partial charge in [0.25, 0.3) is 0 Å². The molecule has 1 aromatic carbocycles. The lowest BCUT2D eigenvalue weighted by Gasteiger charge is -2.01. The van der Waals surface area contributed by atoms with E-state index in [-0.39, 0.29) is 0 Å². The van der Waals surface area contributed by atoms with Crippen LogP contribution in [-0.4, -0.2) is 16.3 Å². The second-order valence-electron chi connectivity index (χ2n) is 2.94. The van der Waals surface area contributed by atoms with Crippen LogP contribution in [0.5, 0.6) is 0 Å². The van der Waals surface area contributed by atoms with E-state index in [1.807, 2.05) is 24.3 Å². The Kier molecular flexibility index (Phi) is 2.87. The molecule has 2 aromatic rings. The number of hydrogen-bond acceptors (Lipinski definition) is 3. The Bertz CT molecular complexity index is 482. The smallest absolute Gasteiger partial charge is 0.160 e. The largest absolute Gasteiger partial charge is 0.298 e. The summed E-state index contributed by atoms with van der Waals surface area (Å²) in [5, 5.41) is 0. The summed E-state index contributed by atoms with van der Waals surface area (Å²) in [6.07, 6.45) is 3.74. The Morgan fingerprint density at radius 3 is 2.40 bits per heavy atom. The minimum absolute atomic E-state index is 0.478. The van der Waals surface area contributed by atoms with E-state index < -0.39 is 0 Å². The number of rotatable bonds is 2. The number of benzene rings is 1. The molecule has 2 rings (SSSR count). The highest BCUT2D eigenvalue weighted by Crippen LogP contribution is 2.24. The SMILES string of the molecule is O=Cc1cnc(-c2ccccc2Br)nc1. The molecule has 1 heterocycles. The van der Waals surface area contributed by atoms with E-state index in [4.69, 9.17) is 0 Å². The summed E-state index contributed by atoms with van der Waals surface area (Å²) in [5.74, 6) is 0.605. The maximum Gasteiger partial charge on any atom is 0.160 e. The monoisotopic (exact) mass is 262 g/mol. The lowest BCUT2D eigenvalue weighted by atomic mass is 10.2. The molecular weight excluding hydrogens is 256 g/mol. The van der Waals surface area contributed by atoms with E-state index in [2.05, 4.69) is 25.9 Å². The van der Waals surface area contributed by atoms with Crippen molar-refractivity contribution in [3.8, 4) is 11.4 Å². The van der Waals surface area contributed by atoms with Gasteiger partial charge >= 0.3 is 0 Å². The van der Waals surface area contributed by atoms with Gasteiger partial charge in [0.15, 0.2) is 12.1 Å². The Morgan fingerprint density at radius 2 is 1.80 bits per heavy atom. The summed E-state index contributed by atoms with van der Waals surface area (Å²) < 4.78 is 0.934. The maximum absolute atomic E-state index is 10.4. The Labute approximate surface area is 95.3 Å². The lowest BCUT2D eigenvalue weighted by molar-refractivity contribution is 0.112. The van der Waals surface area contributed by atoms with Gasteiger partial charge in [-0.05, 0) is 6.07 Å². The van der Waals surface area contributed by atoms with Gasteiger partial charge in [0.1, 0.15) is 0 Å². The minimum Gasteiger partial charge on any atom is -0.298 e. The molecule has 0 N–H and O–H groups in total. The lowest BCUT2D eigenvalue weighted by Crippen LogP contribution is -1.91. The minimum atomic E-state index is 0.478. The number of hydrogen-bond donors (Lipinski definition) is 0. The molecule has 0 amide bonds. The quantitative estimate of drug-likeness (QED) is 0.782. The average Bonchev–Trinajstić information content (AvgIpc) is 2.30. The number of halogens is 1. The van der Waals surface area contributed by atoms with Crippen molar-refractivity contribution in [1.82, 2.24) is 9.97 Å². The van der Waals surface area contributed by atoms with Crippen molar-refractivity contribution >= 4 is 22.2 Å². The molecule has 0 saturated heterocycles. The van der Waals surface area contributed by atoms with Crippen molar-refractivity contribution in [2.45, 2.75) is 0 Å². The van der Waals surface area contributed by atoms with Crippen LogP contribution in [0.25, 0.3) is 11.4 Å². The van der Waals surface area contributed by atoms with Gasteiger partial charge in [-0.2, -0.15) is 0 Å². The van der Waals surface area contributed by atoms with E-state index in [1.165, 1.54) is 12.4 Å². The van der Waals surface area contributed by atoms with Crippen LogP contribution < -0.4 is 0 Å². The molecule has 0 atom stereocenters. The first-order chi connectivity index (χ1) is 7.31. The molecule has 0 spiro atoms. The molecule has 1 aromatic heterocycles. The van der Waals surface area contributed by atoms with Crippen molar-refractivity contribution in [2.24, 2.45) is 0 Å². The molecule has 3 nitrogen and oxygen atoms in total. The van der Waals surface area contributed by atoms with Gasteiger partial charge in [-0.15, -0.1) is 0 Å². The summed E-state index contributed by atoms with van der Waals surface area (Å²) in [4.78, 5) is 18.6. The topological polar surface area (TPSA) is 42.9 Å². The zero-order chi connectivity index (χ0) is 10.7. The molecule has 0 fully saturated rings. The molecule has 0 aliphatic carbocycles. The van der Waals surface area contributed by atoms with E-state index in [0.717, 1.165) is 16.3 Å². The highest BCUT2D eigenvalue weighted by molar-refractivity contribution is 9.10. The maximum atomic E-state index is 10.4. The normalized spacial score (nSPS) is 9.93. The van der Waals surface area contributed by atoms with E-state index in [9.17, 15) is 4.79 Å². The number of aldehydes is 1. The van der Waals surface area contributed by atoms with Crippen LogP contribution in [0.15, 0.2) is 41.1 Å². The van der Waals surface area contributed by atoms with Crippen LogP contribution in [0.2, 0.25) is 0 Å². The van der Waals surface area contributed by atoms with Crippen LogP contribution in [0.3, 0.4) is 0 Å². The molecule has 4 heteroatoms. The summed E-state index contributed by atoms with van der Waals surface area (Å²) in [7, 11) is 0. The van der Waals surface area contributed by atoms with Gasteiger partial charge in [-0.25, -0.2) is 9.97 Å². The predicted molar refractivity (Wildman–Crippen MR) is 60.6 cm³/mol. The fourth-order valence-corrected chi connectivity index (χ4v) is 1.64. The van der Waals surface area contributed by atoms with Gasteiger partial charge in [-0.1, -0.05) is 34.1 Å². The highest BCUT2D eigenvalue weighted by atomic mass is 79.9. The summed E-state index contributed by atoms with van der Waals surface area (Å²) in [6, 6.07) is 7.68. The third kappa shape index (κ3) is 2.10. The van der Waals surface area contributed by atoms with Gasteiger partial charge in [0.05, 0.1) is 5.56 Å². The molecule has 0 aliphatic heterocycles. The predicted octanol–water partition coefficient (Wildman–Crippen LogP) is 2.72. The first kappa shape index (κ1) is 9.98. The van der Waals surface area contributed by atoms with Crippen molar-refractivity contribution in [3.63, 3.8) is 0 Å². The van der Waals surface area contributed by atoms with Gasteiger partial charge in [0.2, 0.25) is 0 Å². The first-order valence-corrected chi connectivity index (χ1v) is 5.12. The first-order valence-electron chi connectivity index (χ1n) is 4.33. The van der Waals surface area contributed by atoms with Crippen molar-refractivity contribution < 1.29 is 4.79 Å². The average molecular weight is 263 g/mol. The van der Waals surface area contributed by atoms with Crippen LogP contribution in [0.1, 0.15) is 10.4 Å². The molecule has 0 bridgehead atoms. The zero-order valence-electron chi connectivity index (χ0n) is 7.72. The third-order valence-corrected chi connectivity index (χ3v) is 2.61.